The van der Waals surface area contributed by atoms with Crippen molar-refractivity contribution >= 4 is 0 Å². The molecule has 0 amide bonds. The molecule has 1 N–H and O–H groups in total. The molecule has 3 aromatic carbocycles. The van der Waals surface area contributed by atoms with Crippen molar-refractivity contribution in [3.63, 3.8) is 0 Å². The lowest BCUT2D eigenvalue weighted by Crippen LogP contribution is -2.33. The van der Waals surface area contributed by atoms with E-state index in [1.54, 1.807) is 0 Å². The molecular formula is C22H24N2. The molecule has 122 valence electrons. The molecule has 2 heteroatoms. The number of hydrogen-bond donors (Lipinski definition) is 1. The fraction of sp³-hybridized carbons (Fsp3) is 0.182. The van der Waals surface area contributed by atoms with Gasteiger partial charge in [-0.05, 0) is 16.7 Å². The van der Waals surface area contributed by atoms with Crippen molar-refractivity contribution in [3.8, 4) is 0 Å². The van der Waals surface area contributed by atoms with Gasteiger partial charge < -0.3 is 5.32 Å². The van der Waals surface area contributed by atoms with Crippen molar-refractivity contribution in [1.82, 2.24) is 10.2 Å². The Morgan fingerprint density at radius 1 is 0.542 bits per heavy atom. The largest absolute Gasteiger partial charge is 0.300 e. The highest BCUT2D eigenvalue weighted by molar-refractivity contribution is 5.17. The fourth-order valence-corrected chi connectivity index (χ4v) is 2.81. The minimum atomic E-state index is 0.860. The first kappa shape index (κ1) is 16.4. The fourth-order valence-electron chi connectivity index (χ4n) is 2.81. The Kier molecular flexibility index (Phi) is 6.18. The van der Waals surface area contributed by atoms with Gasteiger partial charge in [0.25, 0.3) is 0 Å². The van der Waals surface area contributed by atoms with Crippen LogP contribution in [0, 0.1) is 0 Å². The Morgan fingerprint density at radius 3 is 1.42 bits per heavy atom. The highest BCUT2D eigenvalue weighted by Crippen LogP contribution is 2.09. The van der Waals surface area contributed by atoms with Gasteiger partial charge in [0.05, 0.1) is 0 Å². The van der Waals surface area contributed by atoms with Crippen LogP contribution in [0.2, 0.25) is 0 Å². The molecule has 0 heterocycles. The molecule has 3 rings (SSSR count). The van der Waals surface area contributed by atoms with Crippen molar-refractivity contribution in [2.24, 2.45) is 0 Å². The van der Waals surface area contributed by atoms with Gasteiger partial charge in [-0.1, -0.05) is 91.0 Å². The van der Waals surface area contributed by atoms with Crippen LogP contribution in [-0.4, -0.2) is 11.6 Å². The van der Waals surface area contributed by atoms with Crippen LogP contribution in [0.4, 0.5) is 0 Å². The Bertz CT molecular complexity index is 654. The predicted octanol–water partition coefficient (Wildman–Crippen LogP) is 4.44. The average Bonchev–Trinajstić information content (AvgIpc) is 2.64. The van der Waals surface area contributed by atoms with Crippen LogP contribution in [0.1, 0.15) is 16.7 Å². The lowest BCUT2D eigenvalue weighted by Gasteiger charge is -2.23. The molecule has 0 saturated carbocycles. The first-order chi connectivity index (χ1) is 11.9. The third kappa shape index (κ3) is 5.34. The molecule has 0 spiro atoms. The standard InChI is InChI=1S/C22H24N2/c1-4-10-20(11-5-1)16-23-19-24(17-21-12-6-2-7-13-21)18-22-14-8-3-9-15-22/h1-15,23H,16-19H2. The van der Waals surface area contributed by atoms with Crippen LogP contribution >= 0.6 is 0 Å². The normalized spacial score (nSPS) is 10.9. The van der Waals surface area contributed by atoms with Crippen molar-refractivity contribution < 1.29 is 0 Å². The molecule has 0 aliphatic rings. The van der Waals surface area contributed by atoms with E-state index in [9.17, 15) is 0 Å². The van der Waals surface area contributed by atoms with Crippen LogP contribution in [-0.2, 0) is 19.6 Å². The molecule has 0 atom stereocenters. The minimum Gasteiger partial charge on any atom is -0.300 e. The molecule has 0 fully saturated rings. The summed E-state index contributed by atoms with van der Waals surface area (Å²) in [6.45, 7) is 3.63. The zero-order chi connectivity index (χ0) is 16.5. The molecule has 2 nitrogen and oxygen atoms in total. The second-order valence-electron chi connectivity index (χ2n) is 6.03. The summed E-state index contributed by atoms with van der Waals surface area (Å²) in [6, 6.07) is 31.9. The maximum Gasteiger partial charge on any atom is 0.0489 e. The van der Waals surface area contributed by atoms with Crippen LogP contribution in [0.25, 0.3) is 0 Å². The summed E-state index contributed by atoms with van der Waals surface area (Å²) in [6.07, 6.45) is 0. The van der Waals surface area contributed by atoms with E-state index >= 15 is 0 Å². The van der Waals surface area contributed by atoms with Crippen molar-refractivity contribution in [3.05, 3.63) is 108 Å². The van der Waals surface area contributed by atoms with Gasteiger partial charge in [0.1, 0.15) is 0 Å². The van der Waals surface area contributed by atoms with E-state index in [0.717, 1.165) is 26.3 Å². The smallest absolute Gasteiger partial charge is 0.0489 e. The van der Waals surface area contributed by atoms with E-state index < -0.39 is 0 Å². The van der Waals surface area contributed by atoms with E-state index in [-0.39, 0.29) is 0 Å². The first-order valence-electron chi connectivity index (χ1n) is 8.45. The Hall–Kier alpha value is -2.42. The predicted molar refractivity (Wildman–Crippen MR) is 100 cm³/mol. The third-order valence-corrected chi connectivity index (χ3v) is 4.01. The van der Waals surface area contributed by atoms with Gasteiger partial charge in [0.15, 0.2) is 0 Å². The summed E-state index contributed by atoms with van der Waals surface area (Å²) in [4.78, 5) is 2.44. The lowest BCUT2D eigenvalue weighted by molar-refractivity contribution is 0.235. The van der Waals surface area contributed by atoms with Crippen LogP contribution in [0.5, 0.6) is 0 Å². The van der Waals surface area contributed by atoms with Crippen LogP contribution in [0.3, 0.4) is 0 Å². The van der Waals surface area contributed by atoms with E-state index in [1.165, 1.54) is 16.7 Å². The van der Waals surface area contributed by atoms with Gasteiger partial charge in [-0.3, -0.25) is 4.90 Å². The molecule has 0 aliphatic carbocycles. The zero-order valence-corrected chi connectivity index (χ0v) is 13.9. The molecule has 0 unspecified atom stereocenters. The van der Waals surface area contributed by atoms with Gasteiger partial charge in [0, 0.05) is 26.3 Å². The number of hydrogen-bond acceptors (Lipinski definition) is 2. The van der Waals surface area contributed by atoms with Crippen molar-refractivity contribution in [2.45, 2.75) is 19.6 Å². The summed E-state index contributed by atoms with van der Waals surface area (Å²) in [5, 5.41) is 3.57. The molecule has 24 heavy (non-hydrogen) atoms. The lowest BCUT2D eigenvalue weighted by atomic mass is 10.2. The molecule has 0 aromatic heterocycles. The van der Waals surface area contributed by atoms with Crippen molar-refractivity contribution in [1.29, 1.82) is 0 Å². The van der Waals surface area contributed by atoms with Crippen LogP contribution in [0.15, 0.2) is 91.0 Å². The third-order valence-electron chi connectivity index (χ3n) is 4.01. The monoisotopic (exact) mass is 316 g/mol. The van der Waals surface area contributed by atoms with E-state index in [2.05, 4.69) is 101 Å². The second-order valence-corrected chi connectivity index (χ2v) is 6.03. The Balaban J connectivity index is 1.60. The zero-order valence-electron chi connectivity index (χ0n) is 13.9. The van der Waals surface area contributed by atoms with Crippen LogP contribution < -0.4 is 5.32 Å². The molecule has 0 saturated heterocycles. The number of nitrogens with one attached hydrogen (secondary N) is 1. The van der Waals surface area contributed by atoms with Gasteiger partial charge in [-0.15, -0.1) is 0 Å². The Morgan fingerprint density at radius 2 is 0.958 bits per heavy atom. The number of nitrogens with zero attached hydrogens (tertiary/aromatic N) is 1. The minimum absolute atomic E-state index is 0.860. The summed E-state index contributed by atoms with van der Waals surface area (Å²) in [5.41, 5.74) is 4.00. The van der Waals surface area contributed by atoms with E-state index in [0.29, 0.717) is 0 Å². The van der Waals surface area contributed by atoms with Gasteiger partial charge in [-0.2, -0.15) is 0 Å². The summed E-state index contributed by atoms with van der Waals surface area (Å²) < 4.78 is 0. The SMILES string of the molecule is c1ccc(CNCN(Cc2ccccc2)Cc2ccccc2)cc1. The number of rotatable bonds is 8. The highest BCUT2D eigenvalue weighted by atomic mass is 15.2. The first-order valence-corrected chi connectivity index (χ1v) is 8.45. The molecular weight excluding hydrogens is 292 g/mol. The summed E-state index contributed by atoms with van der Waals surface area (Å²) in [5.74, 6) is 0. The van der Waals surface area contributed by atoms with Gasteiger partial charge >= 0.3 is 0 Å². The molecule has 0 radical (unpaired) electrons. The van der Waals surface area contributed by atoms with E-state index in [1.807, 2.05) is 0 Å². The van der Waals surface area contributed by atoms with Gasteiger partial charge in [-0.25, -0.2) is 0 Å². The maximum atomic E-state index is 3.57. The highest BCUT2D eigenvalue weighted by Gasteiger charge is 2.07. The summed E-state index contributed by atoms with van der Waals surface area (Å²) in [7, 11) is 0. The average molecular weight is 316 g/mol. The quantitative estimate of drug-likeness (QED) is 0.618. The van der Waals surface area contributed by atoms with Crippen molar-refractivity contribution in [2.75, 3.05) is 6.67 Å². The molecule has 3 aromatic rings. The topological polar surface area (TPSA) is 15.3 Å². The molecule has 0 bridgehead atoms. The summed E-state index contributed by atoms with van der Waals surface area (Å²) >= 11 is 0. The maximum absolute atomic E-state index is 3.57. The van der Waals surface area contributed by atoms with Gasteiger partial charge in [0.2, 0.25) is 0 Å². The molecule has 0 aliphatic heterocycles. The number of benzene rings is 3. The Labute approximate surface area is 144 Å². The van der Waals surface area contributed by atoms with E-state index in [4.69, 9.17) is 0 Å². The second kappa shape index (κ2) is 9.02.